The normalized spacial score (nSPS) is 16.5. The molecule has 5 heteroatoms. The van der Waals surface area contributed by atoms with Gasteiger partial charge in [-0.05, 0) is 97.6 Å². The maximum absolute atomic E-state index is 12.4. The van der Waals surface area contributed by atoms with Crippen LogP contribution in [0.1, 0.15) is 153 Å². The topological polar surface area (TPSA) is 76.0 Å². The van der Waals surface area contributed by atoms with E-state index in [1.54, 1.807) is 6.92 Å². The van der Waals surface area contributed by atoms with Crippen LogP contribution in [-0.2, 0) is 33.2 Å². The summed E-state index contributed by atoms with van der Waals surface area (Å²) in [6, 6.07) is 4.45. The summed E-state index contributed by atoms with van der Waals surface area (Å²) < 4.78 is 11.4. The van der Waals surface area contributed by atoms with Gasteiger partial charge in [0.1, 0.15) is 17.2 Å². The number of phenolic OH excluding ortho intramolecular Hbond substituents is 2. The molecule has 2 aromatic rings. The molecule has 0 radical (unpaired) electrons. The molecule has 0 bridgehead atoms. The Bertz CT molecular complexity index is 1230. The molecule has 2 aromatic carbocycles. The van der Waals surface area contributed by atoms with E-state index in [4.69, 9.17) is 9.47 Å². The first kappa shape index (κ1) is 37.5. The summed E-state index contributed by atoms with van der Waals surface area (Å²) >= 11 is 0. The summed E-state index contributed by atoms with van der Waals surface area (Å²) in [5.74, 6) is 1.26. The second kappa shape index (κ2) is 15.5. The largest absolute Gasteiger partial charge is 0.507 e. The van der Waals surface area contributed by atoms with Crippen LogP contribution in [0.25, 0.3) is 0 Å². The average molecular weight is 611 g/mol. The molecular formula is C39H62O5. The Labute approximate surface area is 268 Å². The van der Waals surface area contributed by atoms with Crippen molar-refractivity contribution in [2.24, 2.45) is 0 Å². The van der Waals surface area contributed by atoms with Gasteiger partial charge in [0.25, 0.3) is 0 Å². The maximum Gasteiger partial charge on any atom is 0.350 e. The lowest BCUT2D eigenvalue weighted by Gasteiger charge is -2.35. The number of aromatic hydroxyl groups is 2. The number of aryl methyl sites for hydroxylation is 1. The third kappa shape index (κ3) is 9.41. The van der Waals surface area contributed by atoms with E-state index >= 15 is 0 Å². The Hall–Kier alpha value is -2.69. The third-order valence-corrected chi connectivity index (χ3v) is 9.04. The maximum atomic E-state index is 12.4. The fraction of sp³-hybridized carbons (Fsp3) is 0.667. The minimum Gasteiger partial charge on any atom is -0.507 e. The summed E-state index contributed by atoms with van der Waals surface area (Å²) in [6.07, 6.45) is 10.8. The van der Waals surface area contributed by atoms with Gasteiger partial charge in [-0.1, -0.05) is 99.6 Å². The molecule has 1 atom stereocenters. The predicted octanol–water partition coefficient (Wildman–Crippen LogP) is 10.2. The standard InChI is InChI=1S/C21H36O.C18H26O4/c1-8-9-10-11-12-13-16-14-17(20(2,3)4)19(22)18(15-16)21(5,6)7;1-6-7-10-21-17(20)18(5)9-8-14-13(4)15(19)11(2)12(3)16(14)22-18/h14-15,22H,8-13H2,1-7H3;19H,6-10H2,1-5H3. The van der Waals surface area contributed by atoms with Crippen LogP contribution in [-0.4, -0.2) is 28.4 Å². The Balaban J connectivity index is 0.000000307. The molecule has 0 aromatic heterocycles. The molecule has 5 nitrogen and oxygen atoms in total. The van der Waals surface area contributed by atoms with Crippen LogP contribution in [0, 0.1) is 20.8 Å². The van der Waals surface area contributed by atoms with Crippen molar-refractivity contribution in [2.45, 2.75) is 164 Å². The fourth-order valence-corrected chi connectivity index (χ4v) is 5.77. The molecule has 1 aliphatic heterocycles. The average Bonchev–Trinajstić information content (AvgIpc) is 2.94. The van der Waals surface area contributed by atoms with Gasteiger partial charge >= 0.3 is 5.97 Å². The summed E-state index contributed by atoms with van der Waals surface area (Å²) in [5.41, 5.74) is 6.10. The number of carbonyl (C=O) groups is 1. The van der Waals surface area contributed by atoms with E-state index in [9.17, 15) is 15.0 Å². The Morgan fingerprint density at radius 2 is 1.36 bits per heavy atom. The summed E-state index contributed by atoms with van der Waals surface area (Å²) in [7, 11) is 0. The first-order valence-corrected chi connectivity index (χ1v) is 16.9. The molecule has 3 rings (SSSR count). The van der Waals surface area contributed by atoms with Crippen molar-refractivity contribution < 1.29 is 24.5 Å². The van der Waals surface area contributed by atoms with Crippen LogP contribution >= 0.6 is 0 Å². The van der Waals surface area contributed by atoms with E-state index in [1.165, 1.54) is 37.7 Å². The zero-order valence-electron chi connectivity index (χ0n) is 30.1. The second-order valence-electron chi connectivity index (χ2n) is 15.1. The molecule has 1 unspecified atom stereocenters. The minimum atomic E-state index is -0.943. The first-order valence-electron chi connectivity index (χ1n) is 16.9. The monoisotopic (exact) mass is 610 g/mol. The molecule has 0 amide bonds. The van der Waals surface area contributed by atoms with Gasteiger partial charge in [-0.3, -0.25) is 0 Å². The zero-order valence-corrected chi connectivity index (χ0v) is 30.1. The van der Waals surface area contributed by atoms with E-state index in [0.717, 1.165) is 58.4 Å². The zero-order chi connectivity index (χ0) is 33.5. The number of carbonyl (C=O) groups excluding carboxylic acids is 1. The lowest BCUT2D eigenvalue weighted by Crippen LogP contribution is -2.46. The highest BCUT2D eigenvalue weighted by molar-refractivity contribution is 5.80. The van der Waals surface area contributed by atoms with Gasteiger partial charge in [0.15, 0.2) is 0 Å². The SMILES string of the molecule is CCCCCCCc1cc(C(C)(C)C)c(O)c(C(C)(C)C)c1.CCCCOC(=O)C1(C)CCc2c(C)c(O)c(C)c(C)c2O1. The molecule has 0 fully saturated rings. The van der Waals surface area contributed by atoms with Gasteiger partial charge < -0.3 is 19.7 Å². The number of benzene rings is 2. The lowest BCUT2D eigenvalue weighted by molar-refractivity contribution is -0.162. The van der Waals surface area contributed by atoms with E-state index < -0.39 is 5.60 Å². The highest BCUT2D eigenvalue weighted by atomic mass is 16.6. The second-order valence-corrected chi connectivity index (χ2v) is 15.1. The van der Waals surface area contributed by atoms with Crippen LogP contribution in [0.5, 0.6) is 17.2 Å². The number of hydrogen-bond donors (Lipinski definition) is 2. The molecule has 1 heterocycles. The number of fused-ring (bicyclic) bond motifs is 1. The number of esters is 1. The van der Waals surface area contributed by atoms with Crippen molar-refractivity contribution in [1.29, 1.82) is 0 Å². The van der Waals surface area contributed by atoms with Crippen LogP contribution < -0.4 is 4.74 Å². The number of rotatable bonds is 10. The Morgan fingerprint density at radius 3 is 1.89 bits per heavy atom. The lowest BCUT2D eigenvalue weighted by atomic mass is 9.78. The smallest absolute Gasteiger partial charge is 0.350 e. The van der Waals surface area contributed by atoms with Crippen LogP contribution in [0.15, 0.2) is 12.1 Å². The van der Waals surface area contributed by atoms with Gasteiger partial charge in [0.2, 0.25) is 5.60 Å². The highest BCUT2D eigenvalue weighted by Gasteiger charge is 2.42. The van der Waals surface area contributed by atoms with Crippen molar-refractivity contribution in [3.8, 4) is 17.2 Å². The molecule has 0 saturated heterocycles. The predicted molar refractivity (Wildman–Crippen MR) is 184 cm³/mol. The summed E-state index contributed by atoms with van der Waals surface area (Å²) in [5, 5.41) is 20.9. The van der Waals surface area contributed by atoms with E-state index in [1.807, 2.05) is 20.8 Å². The minimum absolute atomic E-state index is 0.0255. The van der Waals surface area contributed by atoms with Gasteiger partial charge in [0.05, 0.1) is 6.61 Å². The number of ether oxygens (including phenoxy) is 2. The third-order valence-electron chi connectivity index (χ3n) is 9.04. The fourth-order valence-electron chi connectivity index (χ4n) is 5.77. The van der Waals surface area contributed by atoms with E-state index in [0.29, 0.717) is 30.9 Å². The highest BCUT2D eigenvalue weighted by Crippen LogP contribution is 2.44. The van der Waals surface area contributed by atoms with Crippen LogP contribution in [0.3, 0.4) is 0 Å². The van der Waals surface area contributed by atoms with Crippen molar-refractivity contribution in [3.05, 3.63) is 51.1 Å². The van der Waals surface area contributed by atoms with Crippen LogP contribution in [0.2, 0.25) is 0 Å². The van der Waals surface area contributed by atoms with Crippen molar-refractivity contribution in [2.75, 3.05) is 6.61 Å². The molecule has 0 saturated carbocycles. The van der Waals surface area contributed by atoms with E-state index in [-0.39, 0.29) is 16.8 Å². The van der Waals surface area contributed by atoms with Crippen molar-refractivity contribution in [1.82, 2.24) is 0 Å². The summed E-state index contributed by atoms with van der Waals surface area (Å²) in [6.45, 7) is 25.3. The van der Waals surface area contributed by atoms with Gasteiger partial charge in [-0.15, -0.1) is 0 Å². The van der Waals surface area contributed by atoms with Crippen molar-refractivity contribution >= 4 is 5.97 Å². The molecule has 2 N–H and O–H groups in total. The number of unbranched alkanes of at least 4 members (excludes halogenated alkanes) is 5. The van der Waals surface area contributed by atoms with E-state index in [2.05, 4.69) is 67.5 Å². The number of hydrogen-bond acceptors (Lipinski definition) is 5. The van der Waals surface area contributed by atoms with Gasteiger partial charge in [-0.2, -0.15) is 0 Å². The Morgan fingerprint density at radius 1 is 0.818 bits per heavy atom. The Kier molecular flexibility index (Phi) is 13.2. The quantitative estimate of drug-likeness (QED) is 0.207. The number of phenols is 2. The molecular weight excluding hydrogens is 548 g/mol. The van der Waals surface area contributed by atoms with Crippen molar-refractivity contribution in [3.63, 3.8) is 0 Å². The summed E-state index contributed by atoms with van der Waals surface area (Å²) in [4.78, 5) is 12.4. The molecule has 1 aliphatic rings. The van der Waals surface area contributed by atoms with Crippen LogP contribution in [0.4, 0.5) is 0 Å². The molecule has 44 heavy (non-hydrogen) atoms. The first-order chi connectivity index (χ1) is 20.4. The molecule has 0 spiro atoms. The van der Waals surface area contributed by atoms with Gasteiger partial charge in [-0.25, -0.2) is 4.79 Å². The molecule has 248 valence electrons. The van der Waals surface area contributed by atoms with Gasteiger partial charge in [0, 0.05) is 12.0 Å². The molecule has 0 aliphatic carbocycles.